The fourth-order valence-electron chi connectivity index (χ4n) is 2.84. The van der Waals surface area contributed by atoms with Crippen LogP contribution in [-0.4, -0.2) is 26.1 Å². The van der Waals surface area contributed by atoms with Crippen molar-refractivity contribution in [2.24, 2.45) is 7.05 Å². The third kappa shape index (κ3) is 3.53. The average Bonchev–Trinajstić information content (AvgIpc) is 2.97. The highest BCUT2D eigenvalue weighted by Gasteiger charge is 2.19. The van der Waals surface area contributed by atoms with E-state index in [4.69, 9.17) is 5.10 Å². The van der Waals surface area contributed by atoms with Crippen LogP contribution in [0.4, 0.5) is 0 Å². The zero-order valence-electron chi connectivity index (χ0n) is 13.8. The summed E-state index contributed by atoms with van der Waals surface area (Å²) in [6.07, 6.45) is 4.20. The molecule has 0 bridgehead atoms. The molecule has 0 spiro atoms. The molecule has 21 heavy (non-hydrogen) atoms. The van der Waals surface area contributed by atoms with Gasteiger partial charge in [0.25, 0.3) is 0 Å². The topological polar surface area (TPSA) is 47.7 Å². The van der Waals surface area contributed by atoms with Gasteiger partial charge < -0.3 is 5.32 Å². The molecule has 1 N–H and O–H groups in total. The Kier molecular flexibility index (Phi) is 5.17. The van der Waals surface area contributed by atoms with E-state index in [0.29, 0.717) is 6.04 Å². The SMILES string of the molecule is CCCNC(CC)c1c(C)nn(Cc2ccn(C)n2)c1C. The van der Waals surface area contributed by atoms with Crippen molar-refractivity contribution >= 4 is 0 Å². The van der Waals surface area contributed by atoms with Crippen molar-refractivity contribution in [2.45, 2.75) is 53.1 Å². The molecule has 0 aliphatic carbocycles. The summed E-state index contributed by atoms with van der Waals surface area (Å²) >= 11 is 0. The first-order valence-corrected chi connectivity index (χ1v) is 7.82. The van der Waals surface area contributed by atoms with E-state index in [1.165, 1.54) is 11.3 Å². The van der Waals surface area contributed by atoms with Crippen molar-refractivity contribution in [1.29, 1.82) is 0 Å². The van der Waals surface area contributed by atoms with Crippen molar-refractivity contribution < 1.29 is 0 Å². The van der Waals surface area contributed by atoms with Crippen LogP contribution in [0.5, 0.6) is 0 Å². The molecule has 0 aliphatic heterocycles. The Labute approximate surface area is 127 Å². The maximum Gasteiger partial charge on any atom is 0.0853 e. The molecule has 2 aromatic heterocycles. The van der Waals surface area contributed by atoms with Crippen molar-refractivity contribution in [3.05, 3.63) is 34.9 Å². The van der Waals surface area contributed by atoms with Gasteiger partial charge in [-0.2, -0.15) is 10.2 Å². The van der Waals surface area contributed by atoms with Gasteiger partial charge in [0.2, 0.25) is 0 Å². The van der Waals surface area contributed by atoms with E-state index in [9.17, 15) is 0 Å². The lowest BCUT2D eigenvalue weighted by Crippen LogP contribution is -2.22. The van der Waals surface area contributed by atoms with E-state index in [1.54, 1.807) is 0 Å². The second-order valence-electron chi connectivity index (χ2n) is 5.64. The molecule has 0 saturated heterocycles. The van der Waals surface area contributed by atoms with Gasteiger partial charge in [-0.05, 0) is 39.3 Å². The van der Waals surface area contributed by atoms with Gasteiger partial charge in [-0.25, -0.2) is 0 Å². The zero-order chi connectivity index (χ0) is 15.4. The quantitative estimate of drug-likeness (QED) is 0.852. The van der Waals surface area contributed by atoms with Gasteiger partial charge in [-0.3, -0.25) is 9.36 Å². The minimum Gasteiger partial charge on any atom is -0.310 e. The monoisotopic (exact) mass is 289 g/mol. The van der Waals surface area contributed by atoms with Gasteiger partial charge >= 0.3 is 0 Å². The van der Waals surface area contributed by atoms with Crippen LogP contribution < -0.4 is 5.32 Å². The minimum absolute atomic E-state index is 0.391. The Balaban J connectivity index is 2.23. The Morgan fingerprint density at radius 3 is 2.57 bits per heavy atom. The Bertz CT molecular complexity index is 582. The van der Waals surface area contributed by atoms with Gasteiger partial charge in [0.05, 0.1) is 17.9 Å². The number of nitrogens with one attached hydrogen (secondary N) is 1. The lowest BCUT2D eigenvalue weighted by molar-refractivity contribution is 0.513. The molecule has 0 saturated carbocycles. The first-order valence-electron chi connectivity index (χ1n) is 7.82. The van der Waals surface area contributed by atoms with E-state index in [-0.39, 0.29) is 0 Å². The number of nitrogens with zero attached hydrogens (tertiary/aromatic N) is 4. The minimum atomic E-state index is 0.391. The summed E-state index contributed by atoms with van der Waals surface area (Å²) in [5.41, 5.74) is 4.76. The van der Waals surface area contributed by atoms with Gasteiger partial charge in [-0.15, -0.1) is 0 Å². The molecule has 2 heterocycles. The fourth-order valence-corrected chi connectivity index (χ4v) is 2.84. The van der Waals surface area contributed by atoms with E-state index in [1.807, 2.05) is 24.0 Å². The number of hydrogen-bond donors (Lipinski definition) is 1. The van der Waals surface area contributed by atoms with Crippen molar-refractivity contribution in [2.75, 3.05) is 6.54 Å². The van der Waals surface area contributed by atoms with E-state index >= 15 is 0 Å². The van der Waals surface area contributed by atoms with E-state index < -0.39 is 0 Å². The van der Waals surface area contributed by atoms with Crippen molar-refractivity contribution in [3.63, 3.8) is 0 Å². The van der Waals surface area contributed by atoms with Crippen LogP contribution >= 0.6 is 0 Å². The van der Waals surface area contributed by atoms with Crippen molar-refractivity contribution in [3.8, 4) is 0 Å². The summed E-state index contributed by atoms with van der Waals surface area (Å²) in [7, 11) is 1.94. The molecular weight excluding hydrogens is 262 g/mol. The lowest BCUT2D eigenvalue weighted by atomic mass is 10.0. The number of aromatic nitrogens is 4. The molecule has 2 aromatic rings. The maximum absolute atomic E-state index is 4.72. The molecule has 2 rings (SSSR count). The first-order chi connectivity index (χ1) is 10.1. The summed E-state index contributed by atoms with van der Waals surface area (Å²) in [5.74, 6) is 0. The number of rotatable bonds is 7. The molecule has 0 aromatic carbocycles. The third-order valence-corrected chi connectivity index (χ3v) is 3.92. The van der Waals surface area contributed by atoms with Gasteiger partial charge in [0.15, 0.2) is 0 Å². The molecule has 5 heteroatoms. The molecule has 0 fully saturated rings. The highest BCUT2D eigenvalue weighted by atomic mass is 15.3. The molecule has 1 unspecified atom stereocenters. The highest BCUT2D eigenvalue weighted by molar-refractivity contribution is 5.28. The molecule has 116 valence electrons. The van der Waals surface area contributed by atoms with Crippen LogP contribution in [0, 0.1) is 13.8 Å². The molecular formula is C16H27N5. The van der Waals surface area contributed by atoms with E-state index in [2.05, 4.69) is 42.8 Å². The van der Waals surface area contributed by atoms with Crippen LogP contribution in [0.1, 0.15) is 55.4 Å². The Morgan fingerprint density at radius 2 is 2.00 bits per heavy atom. The normalized spacial score (nSPS) is 12.8. The highest BCUT2D eigenvalue weighted by Crippen LogP contribution is 2.24. The summed E-state index contributed by atoms with van der Waals surface area (Å²) in [6, 6.07) is 2.44. The zero-order valence-corrected chi connectivity index (χ0v) is 13.8. The number of hydrogen-bond acceptors (Lipinski definition) is 3. The maximum atomic E-state index is 4.72. The molecule has 5 nitrogen and oxygen atoms in total. The summed E-state index contributed by atoms with van der Waals surface area (Å²) in [4.78, 5) is 0. The van der Waals surface area contributed by atoms with E-state index in [0.717, 1.165) is 37.3 Å². The molecule has 0 amide bonds. The van der Waals surface area contributed by atoms with Gasteiger partial charge in [-0.1, -0.05) is 13.8 Å². The molecule has 1 atom stereocenters. The van der Waals surface area contributed by atoms with Gasteiger partial charge in [0.1, 0.15) is 0 Å². The molecule has 0 aliphatic rings. The van der Waals surface area contributed by atoms with Crippen LogP contribution in [-0.2, 0) is 13.6 Å². The largest absolute Gasteiger partial charge is 0.310 e. The smallest absolute Gasteiger partial charge is 0.0853 e. The van der Waals surface area contributed by atoms with Crippen LogP contribution in [0.3, 0.4) is 0 Å². The van der Waals surface area contributed by atoms with Crippen LogP contribution in [0.15, 0.2) is 12.3 Å². The standard InChI is InChI=1S/C16H27N5/c1-6-9-17-15(7-2)16-12(3)18-21(13(16)4)11-14-8-10-20(5)19-14/h8,10,15,17H,6-7,9,11H2,1-5H3. The fraction of sp³-hybridized carbons (Fsp3) is 0.625. The predicted molar refractivity (Wildman–Crippen MR) is 85.3 cm³/mol. The first kappa shape index (κ1) is 15.8. The summed E-state index contributed by atoms with van der Waals surface area (Å²) in [6.45, 7) is 10.5. The average molecular weight is 289 g/mol. The second-order valence-corrected chi connectivity index (χ2v) is 5.64. The summed E-state index contributed by atoms with van der Waals surface area (Å²) in [5, 5.41) is 12.8. The Hall–Kier alpha value is -1.62. The summed E-state index contributed by atoms with van der Waals surface area (Å²) < 4.78 is 3.91. The second kappa shape index (κ2) is 6.89. The van der Waals surface area contributed by atoms with Gasteiger partial charge in [0, 0.05) is 30.5 Å². The molecule has 0 radical (unpaired) electrons. The predicted octanol–water partition coefficient (Wildman–Crippen LogP) is 2.73. The van der Waals surface area contributed by atoms with Crippen LogP contribution in [0.2, 0.25) is 0 Å². The van der Waals surface area contributed by atoms with Crippen molar-refractivity contribution in [1.82, 2.24) is 24.9 Å². The number of aryl methyl sites for hydroxylation is 2. The lowest BCUT2D eigenvalue weighted by Gasteiger charge is -2.17. The Morgan fingerprint density at radius 1 is 1.24 bits per heavy atom. The van der Waals surface area contributed by atoms with Crippen LogP contribution in [0.25, 0.3) is 0 Å². The third-order valence-electron chi connectivity index (χ3n) is 3.92.